The van der Waals surface area contributed by atoms with Crippen molar-refractivity contribution in [3.63, 3.8) is 0 Å². The molecule has 0 radical (unpaired) electrons. The highest BCUT2D eigenvalue weighted by Gasteiger charge is 2.19. The summed E-state index contributed by atoms with van der Waals surface area (Å²) in [6.45, 7) is 2.19. The number of carbonyl (C=O) groups excluding carboxylic acids is 1. The molecule has 1 aromatic carbocycles. The minimum atomic E-state index is -1.13. The Hall–Kier alpha value is -3.02. The molecule has 13 heteroatoms. The van der Waals surface area contributed by atoms with Crippen LogP contribution < -0.4 is 10.6 Å². The lowest BCUT2D eigenvalue weighted by molar-refractivity contribution is -0.136. The molecule has 1 aliphatic rings. The Balaban J connectivity index is 1.42. The topological polar surface area (TPSA) is 97.2 Å². The van der Waals surface area contributed by atoms with Gasteiger partial charge in [0.05, 0.1) is 36.3 Å². The number of nitrogens with one attached hydrogen (secondary N) is 2. The van der Waals surface area contributed by atoms with Gasteiger partial charge in [-0.2, -0.15) is 10.1 Å². The van der Waals surface area contributed by atoms with E-state index >= 15 is 0 Å². The number of rotatable bonds is 7. The number of anilines is 3. The number of alkyl halides is 1. The monoisotopic (exact) mass is 497 g/mol. The van der Waals surface area contributed by atoms with E-state index in [0.29, 0.717) is 32.0 Å². The van der Waals surface area contributed by atoms with Crippen molar-refractivity contribution in [2.24, 2.45) is 0 Å². The van der Waals surface area contributed by atoms with Crippen molar-refractivity contribution in [1.82, 2.24) is 24.6 Å². The molecule has 1 aliphatic heterocycles. The number of amides is 1. The van der Waals surface area contributed by atoms with Crippen molar-refractivity contribution in [2.75, 3.05) is 36.9 Å². The second kappa shape index (κ2) is 10.3. The van der Waals surface area contributed by atoms with E-state index in [1.54, 1.807) is 11.1 Å². The van der Waals surface area contributed by atoms with Crippen molar-refractivity contribution in [3.8, 4) is 0 Å². The molecule has 2 N–H and O–H groups in total. The molecular weight excluding hydrogens is 479 g/mol. The van der Waals surface area contributed by atoms with Gasteiger partial charge in [0.25, 0.3) is 0 Å². The Labute approximate surface area is 197 Å². The summed E-state index contributed by atoms with van der Waals surface area (Å²) in [6.07, 6.45) is 4.03. The fourth-order valence-corrected chi connectivity index (χ4v) is 3.59. The fraction of sp³-hybridized carbons (Fsp3) is 0.300. The molecule has 174 valence electrons. The lowest BCUT2D eigenvalue weighted by atomic mass is 10.2. The summed E-state index contributed by atoms with van der Waals surface area (Å²) in [4.78, 5) is 22.0. The minimum absolute atomic E-state index is 0.0444. The van der Waals surface area contributed by atoms with Crippen LogP contribution in [0.25, 0.3) is 0 Å². The van der Waals surface area contributed by atoms with Crippen LogP contribution in [0.4, 0.5) is 26.2 Å². The second-order valence-electron chi connectivity index (χ2n) is 7.08. The summed E-state index contributed by atoms with van der Waals surface area (Å²) < 4.78 is 35.1. The van der Waals surface area contributed by atoms with Crippen LogP contribution in [0.15, 0.2) is 36.8 Å². The third-order valence-electron chi connectivity index (χ3n) is 4.81. The van der Waals surface area contributed by atoms with Crippen LogP contribution in [0.2, 0.25) is 5.02 Å². The predicted molar refractivity (Wildman–Crippen MR) is 119 cm³/mol. The van der Waals surface area contributed by atoms with Gasteiger partial charge in [0.2, 0.25) is 11.9 Å². The zero-order valence-corrected chi connectivity index (χ0v) is 18.7. The van der Waals surface area contributed by atoms with E-state index < -0.39 is 17.1 Å². The number of halogens is 4. The van der Waals surface area contributed by atoms with Crippen molar-refractivity contribution in [1.29, 1.82) is 0 Å². The molecular formula is C20H19Cl2F2N7O2. The van der Waals surface area contributed by atoms with Gasteiger partial charge < -0.3 is 20.3 Å². The molecule has 33 heavy (non-hydrogen) atoms. The third kappa shape index (κ3) is 5.67. The molecule has 3 aromatic rings. The van der Waals surface area contributed by atoms with Crippen LogP contribution in [-0.4, -0.2) is 56.9 Å². The molecule has 2 aromatic heterocycles. The Kier molecular flexibility index (Phi) is 7.21. The van der Waals surface area contributed by atoms with E-state index in [2.05, 4.69) is 25.7 Å². The average molecular weight is 498 g/mol. The maximum Gasteiger partial charge on any atom is 0.244 e. The zero-order valence-electron chi connectivity index (χ0n) is 17.1. The molecule has 4 rings (SSSR count). The van der Waals surface area contributed by atoms with Crippen molar-refractivity contribution in [3.05, 3.63) is 59.0 Å². The molecule has 0 saturated carbocycles. The Bertz CT molecular complexity index is 1140. The zero-order chi connectivity index (χ0) is 23.4. The lowest BCUT2D eigenvalue weighted by Crippen LogP contribution is -2.42. The molecule has 0 spiro atoms. The summed E-state index contributed by atoms with van der Waals surface area (Å²) in [5.41, 5.74) is -0.594. The summed E-state index contributed by atoms with van der Waals surface area (Å²) in [5, 5.41) is 9.54. The maximum atomic E-state index is 14.2. The van der Waals surface area contributed by atoms with E-state index in [0.717, 1.165) is 6.20 Å². The largest absolute Gasteiger partial charge is 0.378 e. The van der Waals surface area contributed by atoms with Crippen LogP contribution in [-0.2, 0) is 16.1 Å². The molecule has 1 amide bonds. The third-order valence-corrected chi connectivity index (χ3v) is 5.45. The normalized spacial score (nSPS) is 14.7. The second-order valence-corrected chi connectivity index (χ2v) is 7.93. The molecule has 0 aliphatic carbocycles. The number of hydrogen-bond acceptors (Lipinski definition) is 7. The Morgan fingerprint density at radius 1 is 1.24 bits per heavy atom. The standard InChI is InChI=1S/C20H19Cl2F2N7O2/c21-14-3-1-2-13(17(14)24)18(22)28-19-15(23)9-25-20(29-19)27-12-8-26-31(10-12)11-16(32)30-4-6-33-7-5-30/h1-3,8-10,18H,4-7,11H2,(H2,25,27,28,29). The van der Waals surface area contributed by atoms with Crippen molar-refractivity contribution >= 4 is 46.6 Å². The highest BCUT2D eigenvalue weighted by atomic mass is 35.5. The summed E-state index contributed by atoms with van der Waals surface area (Å²) >= 11 is 12.0. The van der Waals surface area contributed by atoms with Crippen LogP contribution in [0.3, 0.4) is 0 Å². The molecule has 0 bridgehead atoms. The first-order chi connectivity index (χ1) is 15.9. The first-order valence-corrected chi connectivity index (χ1v) is 10.7. The molecule has 1 saturated heterocycles. The maximum absolute atomic E-state index is 14.2. The van der Waals surface area contributed by atoms with Crippen molar-refractivity contribution in [2.45, 2.75) is 12.0 Å². The molecule has 3 heterocycles. The van der Waals surface area contributed by atoms with Gasteiger partial charge in [-0.25, -0.2) is 13.8 Å². The van der Waals surface area contributed by atoms with Gasteiger partial charge in [-0.3, -0.25) is 9.48 Å². The highest BCUT2D eigenvalue weighted by molar-refractivity contribution is 6.31. The number of ether oxygens (including phenoxy) is 1. The van der Waals surface area contributed by atoms with Crippen LogP contribution in [0.5, 0.6) is 0 Å². The van der Waals surface area contributed by atoms with Gasteiger partial charge in [-0.1, -0.05) is 35.3 Å². The summed E-state index contributed by atoms with van der Waals surface area (Å²) in [5.74, 6) is -1.74. The fourth-order valence-electron chi connectivity index (χ4n) is 3.14. The first-order valence-electron chi connectivity index (χ1n) is 9.93. The van der Waals surface area contributed by atoms with E-state index in [9.17, 15) is 13.6 Å². The van der Waals surface area contributed by atoms with E-state index in [-0.39, 0.29) is 34.8 Å². The lowest BCUT2D eigenvalue weighted by Gasteiger charge is -2.26. The van der Waals surface area contributed by atoms with E-state index in [4.69, 9.17) is 27.9 Å². The minimum Gasteiger partial charge on any atom is -0.378 e. The van der Waals surface area contributed by atoms with Crippen molar-refractivity contribution < 1.29 is 18.3 Å². The van der Waals surface area contributed by atoms with E-state index in [1.807, 2.05) is 0 Å². The molecule has 1 atom stereocenters. The van der Waals surface area contributed by atoms with Gasteiger partial charge in [-0.15, -0.1) is 0 Å². The molecule has 1 unspecified atom stereocenters. The first kappa shape index (κ1) is 23.1. The molecule has 1 fully saturated rings. The number of hydrogen-bond donors (Lipinski definition) is 2. The van der Waals surface area contributed by atoms with Gasteiger partial charge in [0, 0.05) is 24.8 Å². The Morgan fingerprint density at radius 3 is 2.82 bits per heavy atom. The summed E-state index contributed by atoms with van der Waals surface area (Å²) in [7, 11) is 0. The average Bonchev–Trinajstić information content (AvgIpc) is 3.25. The van der Waals surface area contributed by atoms with Gasteiger partial charge in [0.15, 0.2) is 11.6 Å². The number of morpholine rings is 1. The smallest absolute Gasteiger partial charge is 0.244 e. The Morgan fingerprint density at radius 2 is 2.03 bits per heavy atom. The SMILES string of the molecule is O=C(Cn1cc(Nc2ncc(F)c(NC(Cl)c3cccc(Cl)c3F)n2)cn1)N1CCOCC1. The quantitative estimate of drug-likeness (QED) is 0.380. The predicted octanol–water partition coefficient (Wildman–Crippen LogP) is 3.56. The van der Waals surface area contributed by atoms with Crippen LogP contribution >= 0.6 is 23.2 Å². The number of aromatic nitrogens is 4. The molecule has 9 nitrogen and oxygen atoms in total. The van der Waals surface area contributed by atoms with Crippen LogP contribution in [0, 0.1) is 11.6 Å². The van der Waals surface area contributed by atoms with Gasteiger partial charge in [-0.05, 0) is 6.07 Å². The van der Waals surface area contributed by atoms with E-state index in [1.165, 1.54) is 29.1 Å². The van der Waals surface area contributed by atoms with Gasteiger partial charge >= 0.3 is 0 Å². The van der Waals surface area contributed by atoms with Crippen LogP contribution in [0.1, 0.15) is 11.1 Å². The highest BCUT2D eigenvalue weighted by Crippen LogP contribution is 2.29. The number of carbonyl (C=O) groups is 1. The number of nitrogens with zero attached hydrogens (tertiary/aromatic N) is 5. The van der Waals surface area contributed by atoms with Gasteiger partial charge in [0.1, 0.15) is 17.9 Å². The summed E-state index contributed by atoms with van der Waals surface area (Å²) in [6, 6.07) is 4.34. The number of benzene rings is 1.